The van der Waals surface area contributed by atoms with Crippen molar-refractivity contribution in [1.29, 1.82) is 0 Å². The summed E-state index contributed by atoms with van der Waals surface area (Å²) in [6, 6.07) is 2.10. The first-order valence-corrected chi connectivity index (χ1v) is 9.80. The van der Waals surface area contributed by atoms with Gasteiger partial charge >= 0.3 is 0 Å². The number of fused-ring (bicyclic) bond motifs is 2. The molecule has 2 aromatic rings. The van der Waals surface area contributed by atoms with E-state index in [0.29, 0.717) is 5.92 Å². The number of aromatic nitrogens is 2. The van der Waals surface area contributed by atoms with Gasteiger partial charge in [-0.15, -0.1) is 0 Å². The average Bonchev–Trinajstić information content (AvgIpc) is 2.89. The van der Waals surface area contributed by atoms with Crippen LogP contribution in [-0.2, 0) is 0 Å². The minimum absolute atomic E-state index is 0.641. The molecule has 25 heavy (non-hydrogen) atoms. The van der Waals surface area contributed by atoms with Gasteiger partial charge in [-0.2, -0.15) is 0 Å². The van der Waals surface area contributed by atoms with Gasteiger partial charge in [-0.3, -0.25) is 0 Å². The first-order valence-electron chi connectivity index (χ1n) is 9.01. The predicted molar refractivity (Wildman–Crippen MR) is 104 cm³/mol. The number of allylic oxidation sites excluding steroid dienone is 5. The molecule has 4 aliphatic rings. The molecule has 5 heteroatoms. The second-order valence-corrected chi connectivity index (χ2v) is 8.04. The van der Waals surface area contributed by atoms with Crippen molar-refractivity contribution in [1.82, 2.24) is 14.7 Å². The molecule has 0 radical (unpaired) electrons. The second-order valence-electron chi connectivity index (χ2n) is 7.13. The van der Waals surface area contributed by atoms with Crippen LogP contribution in [0.3, 0.4) is 0 Å². The third-order valence-corrected chi connectivity index (χ3v) is 6.03. The quantitative estimate of drug-likeness (QED) is 0.813. The van der Waals surface area contributed by atoms with Crippen molar-refractivity contribution in [2.75, 3.05) is 18.4 Å². The van der Waals surface area contributed by atoms with Gasteiger partial charge in [0.05, 0.1) is 5.69 Å². The number of hydrogen-bond acceptors (Lipinski definition) is 3. The van der Waals surface area contributed by atoms with Crippen LogP contribution in [0.5, 0.6) is 0 Å². The van der Waals surface area contributed by atoms with E-state index in [-0.39, 0.29) is 0 Å². The number of piperidine rings is 1. The van der Waals surface area contributed by atoms with Crippen LogP contribution in [0.1, 0.15) is 19.3 Å². The molecule has 2 N–H and O–H groups in total. The molecule has 2 aromatic heterocycles. The summed E-state index contributed by atoms with van der Waals surface area (Å²) in [6.45, 7) is 2.30. The van der Waals surface area contributed by atoms with Crippen LogP contribution < -0.4 is 10.6 Å². The van der Waals surface area contributed by atoms with Gasteiger partial charge in [-0.25, -0.2) is 4.98 Å². The third kappa shape index (κ3) is 2.75. The maximum absolute atomic E-state index is 4.49. The van der Waals surface area contributed by atoms with Crippen LogP contribution in [0.15, 0.2) is 64.2 Å². The lowest BCUT2D eigenvalue weighted by molar-refractivity contribution is 0.393. The number of nitrogens with one attached hydrogen (secondary N) is 2. The van der Waals surface area contributed by atoms with Crippen LogP contribution in [0, 0.1) is 11.8 Å². The fraction of sp³-hybridized carbons (Fsp3) is 0.350. The molecular formula is C20H21BrN4. The van der Waals surface area contributed by atoms with Crippen LogP contribution in [-0.4, -0.2) is 22.5 Å². The van der Waals surface area contributed by atoms with E-state index in [1.54, 1.807) is 5.57 Å². The summed E-state index contributed by atoms with van der Waals surface area (Å²) in [4.78, 5) is 4.49. The third-order valence-electron chi connectivity index (χ3n) is 5.59. The van der Waals surface area contributed by atoms with E-state index in [0.717, 1.165) is 41.2 Å². The molecule has 1 aliphatic heterocycles. The SMILES string of the molecule is Brc1cc(NC2=CC=C(C3CCNCC3)C3C=C2C3)c2nccn2c1. The van der Waals surface area contributed by atoms with Crippen LogP contribution in [0.2, 0.25) is 0 Å². The summed E-state index contributed by atoms with van der Waals surface area (Å²) < 4.78 is 3.08. The highest BCUT2D eigenvalue weighted by atomic mass is 79.9. The Labute approximate surface area is 155 Å². The Morgan fingerprint density at radius 2 is 2.08 bits per heavy atom. The maximum atomic E-state index is 4.49. The molecule has 1 saturated heterocycles. The van der Waals surface area contributed by atoms with Gasteiger partial charge in [0.1, 0.15) is 0 Å². The summed E-state index contributed by atoms with van der Waals surface area (Å²) in [5, 5.41) is 7.10. The van der Waals surface area contributed by atoms with Crippen molar-refractivity contribution < 1.29 is 0 Å². The molecule has 6 rings (SSSR count). The minimum Gasteiger partial charge on any atom is -0.352 e. The molecule has 1 atom stereocenters. The highest BCUT2D eigenvalue weighted by Crippen LogP contribution is 2.43. The first-order chi connectivity index (χ1) is 12.3. The lowest BCUT2D eigenvalue weighted by Crippen LogP contribution is -2.31. The zero-order valence-corrected chi connectivity index (χ0v) is 15.6. The number of imidazole rings is 1. The smallest absolute Gasteiger partial charge is 0.160 e. The molecular weight excluding hydrogens is 376 g/mol. The van der Waals surface area contributed by atoms with Crippen molar-refractivity contribution in [3.05, 3.63) is 64.2 Å². The van der Waals surface area contributed by atoms with Crippen molar-refractivity contribution >= 4 is 27.3 Å². The predicted octanol–water partition coefficient (Wildman–Crippen LogP) is 4.28. The second kappa shape index (κ2) is 6.15. The molecule has 1 fully saturated rings. The van der Waals surface area contributed by atoms with Gasteiger partial charge in [-0.05, 0) is 71.9 Å². The van der Waals surface area contributed by atoms with Gasteiger partial charge in [0.25, 0.3) is 0 Å². The summed E-state index contributed by atoms with van der Waals surface area (Å²) >= 11 is 3.59. The zero-order chi connectivity index (χ0) is 16.8. The van der Waals surface area contributed by atoms with E-state index >= 15 is 0 Å². The highest BCUT2D eigenvalue weighted by Gasteiger charge is 2.31. The standard InChI is InChI=1S/C20H21BrN4/c21-16-11-19(20-23-7-8-25(20)12-16)24-18-2-1-17(14-9-15(18)10-14)13-3-5-22-6-4-13/h1-2,7-9,11-14,22,24H,3-6,10H2. The van der Waals surface area contributed by atoms with Crippen LogP contribution >= 0.6 is 15.9 Å². The minimum atomic E-state index is 0.641. The van der Waals surface area contributed by atoms with Gasteiger partial charge in [0.15, 0.2) is 5.65 Å². The Morgan fingerprint density at radius 1 is 1.24 bits per heavy atom. The monoisotopic (exact) mass is 396 g/mol. The molecule has 0 spiro atoms. The highest BCUT2D eigenvalue weighted by molar-refractivity contribution is 9.10. The fourth-order valence-corrected chi connectivity index (χ4v) is 4.67. The number of nitrogens with zero attached hydrogens (tertiary/aromatic N) is 2. The largest absolute Gasteiger partial charge is 0.352 e. The molecule has 2 bridgehead atoms. The fourth-order valence-electron chi connectivity index (χ4n) is 4.22. The summed E-state index contributed by atoms with van der Waals surface area (Å²) in [7, 11) is 0. The Kier molecular flexibility index (Phi) is 3.79. The molecule has 1 unspecified atom stereocenters. The molecule has 0 saturated carbocycles. The normalized spacial score (nSPS) is 23.4. The number of hydrogen-bond donors (Lipinski definition) is 2. The Morgan fingerprint density at radius 3 is 2.92 bits per heavy atom. The van der Waals surface area contributed by atoms with E-state index < -0.39 is 0 Å². The van der Waals surface area contributed by atoms with Crippen LogP contribution in [0.25, 0.3) is 5.65 Å². The van der Waals surface area contributed by atoms with Crippen molar-refractivity contribution in [3.63, 3.8) is 0 Å². The molecule has 4 nitrogen and oxygen atoms in total. The van der Waals surface area contributed by atoms with Crippen molar-refractivity contribution in [2.24, 2.45) is 11.8 Å². The van der Waals surface area contributed by atoms with E-state index in [4.69, 9.17) is 0 Å². The summed E-state index contributed by atoms with van der Waals surface area (Å²) in [6.07, 6.45) is 16.6. The summed E-state index contributed by atoms with van der Waals surface area (Å²) in [5.41, 5.74) is 6.25. The van der Waals surface area contributed by atoms with E-state index in [1.165, 1.54) is 24.1 Å². The number of anilines is 1. The van der Waals surface area contributed by atoms with Crippen molar-refractivity contribution in [3.8, 4) is 0 Å². The molecule has 3 aliphatic carbocycles. The van der Waals surface area contributed by atoms with E-state index in [9.17, 15) is 0 Å². The lowest BCUT2D eigenvalue weighted by atomic mass is 9.74. The molecule has 3 heterocycles. The van der Waals surface area contributed by atoms with Gasteiger partial charge in [0.2, 0.25) is 0 Å². The Hall–Kier alpha value is -1.85. The topological polar surface area (TPSA) is 41.4 Å². The van der Waals surface area contributed by atoms with Gasteiger partial charge in [0, 0.05) is 34.7 Å². The number of pyridine rings is 1. The number of halogens is 1. The van der Waals surface area contributed by atoms with E-state index in [2.05, 4.69) is 55.8 Å². The molecule has 0 aromatic carbocycles. The average molecular weight is 397 g/mol. The zero-order valence-electron chi connectivity index (χ0n) is 14.0. The number of rotatable bonds is 3. The molecule has 0 amide bonds. The van der Waals surface area contributed by atoms with E-state index in [1.807, 2.05) is 23.0 Å². The Balaban J connectivity index is 1.47. The first kappa shape index (κ1) is 15.4. The lowest BCUT2D eigenvalue weighted by Gasteiger charge is -2.33. The van der Waals surface area contributed by atoms with Gasteiger partial charge < -0.3 is 15.0 Å². The molecule has 128 valence electrons. The van der Waals surface area contributed by atoms with Crippen LogP contribution in [0.4, 0.5) is 5.69 Å². The van der Waals surface area contributed by atoms with Crippen molar-refractivity contribution in [2.45, 2.75) is 19.3 Å². The summed E-state index contributed by atoms with van der Waals surface area (Å²) in [5.74, 6) is 1.38. The van der Waals surface area contributed by atoms with Gasteiger partial charge in [-0.1, -0.05) is 17.7 Å². The maximum Gasteiger partial charge on any atom is 0.160 e. The Bertz CT molecular complexity index is 915.